The van der Waals surface area contributed by atoms with Gasteiger partial charge in [0.25, 0.3) is 5.91 Å². The van der Waals surface area contributed by atoms with Gasteiger partial charge in [0.15, 0.2) is 5.01 Å². The number of halogens is 1. The summed E-state index contributed by atoms with van der Waals surface area (Å²) in [4.78, 5) is 15.5. The van der Waals surface area contributed by atoms with Crippen LogP contribution in [0.1, 0.15) is 9.80 Å². The molecule has 0 aliphatic rings. The van der Waals surface area contributed by atoms with Crippen molar-refractivity contribution in [2.75, 3.05) is 5.32 Å². The van der Waals surface area contributed by atoms with Gasteiger partial charge < -0.3 is 5.32 Å². The highest BCUT2D eigenvalue weighted by atomic mass is 79.9. The van der Waals surface area contributed by atoms with E-state index in [1.807, 2.05) is 24.3 Å². The first-order chi connectivity index (χ1) is 7.25. The number of hydrogen-bond acceptors (Lipinski definition) is 3. The van der Waals surface area contributed by atoms with Crippen LogP contribution in [-0.4, -0.2) is 10.9 Å². The molecule has 2 aromatic rings. The molecule has 1 aromatic carbocycles. The fourth-order valence-corrected chi connectivity index (χ4v) is 1.85. The van der Waals surface area contributed by atoms with E-state index in [1.54, 1.807) is 11.6 Å². The van der Waals surface area contributed by atoms with Crippen LogP contribution in [0, 0.1) is 0 Å². The number of nitrogens with one attached hydrogen (secondary N) is 1. The summed E-state index contributed by atoms with van der Waals surface area (Å²) in [5.41, 5.74) is 0.762. The maximum atomic E-state index is 11.6. The van der Waals surface area contributed by atoms with Crippen LogP contribution in [0.3, 0.4) is 0 Å². The van der Waals surface area contributed by atoms with Crippen molar-refractivity contribution >= 4 is 38.9 Å². The Labute approximate surface area is 99.3 Å². The van der Waals surface area contributed by atoms with E-state index in [-0.39, 0.29) is 5.91 Å². The third kappa shape index (κ3) is 2.64. The van der Waals surface area contributed by atoms with Gasteiger partial charge >= 0.3 is 0 Å². The Morgan fingerprint density at radius 1 is 1.33 bits per heavy atom. The molecule has 5 heteroatoms. The van der Waals surface area contributed by atoms with Crippen molar-refractivity contribution in [2.24, 2.45) is 0 Å². The molecule has 0 bridgehead atoms. The molecule has 0 saturated heterocycles. The second-order valence-corrected chi connectivity index (χ2v) is 4.61. The zero-order valence-corrected chi connectivity index (χ0v) is 10.0. The molecular formula is C10H7BrN2OS. The van der Waals surface area contributed by atoms with Crippen LogP contribution in [0.4, 0.5) is 5.69 Å². The summed E-state index contributed by atoms with van der Waals surface area (Å²) in [6.45, 7) is 0. The molecule has 1 aromatic heterocycles. The first-order valence-corrected chi connectivity index (χ1v) is 5.89. The van der Waals surface area contributed by atoms with E-state index in [0.717, 1.165) is 10.2 Å². The summed E-state index contributed by atoms with van der Waals surface area (Å²) < 4.78 is 0.981. The quantitative estimate of drug-likeness (QED) is 0.919. The predicted molar refractivity (Wildman–Crippen MR) is 64.2 cm³/mol. The molecule has 0 spiro atoms. The first kappa shape index (κ1) is 10.3. The van der Waals surface area contributed by atoms with Gasteiger partial charge in [-0.15, -0.1) is 11.3 Å². The first-order valence-electron chi connectivity index (χ1n) is 4.22. The lowest BCUT2D eigenvalue weighted by molar-refractivity contribution is 0.102. The van der Waals surface area contributed by atoms with Crippen LogP contribution >= 0.6 is 27.3 Å². The molecule has 0 radical (unpaired) electrons. The molecule has 0 aliphatic carbocycles. The predicted octanol–water partition coefficient (Wildman–Crippen LogP) is 3.16. The minimum absolute atomic E-state index is 0.174. The largest absolute Gasteiger partial charge is 0.320 e. The van der Waals surface area contributed by atoms with E-state index < -0.39 is 0 Å². The summed E-state index contributed by atoms with van der Waals surface area (Å²) in [5, 5.41) is 5.00. The van der Waals surface area contributed by atoms with E-state index in [0.29, 0.717) is 5.01 Å². The van der Waals surface area contributed by atoms with E-state index in [9.17, 15) is 4.79 Å². The van der Waals surface area contributed by atoms with Crippen LogP contribution in [-0.2, 0) is 0 Å². The normalized spacial score (nSPS) is 9.93. The van der Waals surface area contributed by atoms with Crippen LogP contribution < -0.4 is 5.32 Å². The summed E-state index contributed by atoms with van der Waals surface area (Å²) in [5.74, 6) is -0.174. The maximum Gasteiger partial charge on any atom is 0.284 e. The lowest BCUT2D eigenvalue weighted by atomic mass is 10.3. The van der Waals surface area contributed by atoms with Crippen molar-refractivity contribution in [3.05, 3.63) is 45.3 Å². The minimum Gasteiger partial charge on any atom is -0.320 e. The molecule has 0 saturated carbocycles. The molecule has 0 unspecified atom stereocenters. The summed E-state index contributed by atoms with van der Waals surface area (Å²) in [7, 11) is 0. The average molecular weight is 283 g/mol. The fraction of sp³-hybridized carbons (Fsp3) is 0. The van der Waals surface area contributed by atoms with Gasteiger partial charge in [0.05, 0.1) is 0 Å². The smallest absolute Gasteiger partial charge is 0.284 e. The number of nitrogens with zero attached hydrogens (tertiary/aromatic N) is 1. The van der Waals surface area contributed by atoms with Crippen molar-refractivity contribution in [3.63, 3.8) is 0 Å². The second-order valence-electron chi connectivity index (χ2n) is 2.80. The molecule has 0 atom stereocenters. The number of amides is 1. The Bertz CT molecular complexity index is 453. The molecule has 0 fully saturated rings. The Balaban J connectivity index is 2.09. The Hall–Kier alpha value is -1.20. The number of aromatic nitrogens is 1. The molecular weight excluding hydrogens is 276 g/mol. The van der Waals surface area contributed by atoms with Crippen LogP contribution in [0.15, 0.2) is 40.3 Å². The van der Waals surface area contributed by atoms with E-state index in [4.69, 9.17) is 0 Å². The fourth-order valence-electron chi connectivity index (χ4n) is 1.05. The Kier molecular flexibility index (Phi) is 3.13. The molecule has 76 valence electrons. The highest BCUT2D eigenvalue weighted by molar-refractivity contribution is 9.10. The zero-order valence-electron chi connectivity index (χ0n) is 7.61. The third-order valence-electron chi connectivity index (χ3n) is 1.73. The highest BCUT2D eigenvalue weighted by Gasteiger charge is 2.07. The molecule has 15 heavy (non-hydrogen) atoms. The average Bonchev–Trinajstić information content (AvgIpc) is 2.74. The maximum absolute atomic E-state index is 11.6. The van der Waals surface area contributed by atoms with Crippen molar-refractivity contribution in [2.45, 2.75) is 0 Å². The zero-order chi connectivity index (χ0) is 10.7. The van der Waals surface area contributed by atoms with Gasteiger partial charge in [-0.1, -0.05) is 15.9 Å². The topological polar surface area (TPSA) is 42.0 Å². The molecule has 1 N–H and O–H groups in total. The van der Waals surface area contributed by atoms with Crippen molar-refractivity contribution in [1.29, 1.82) is 0 Å². The summed E-state index contributed by atoms with van der Waals surface area (Å²) in [6, 6.07) is 7.40. The van der Waals surface area contributed by atoms with Gasteiger partial charge in [-0.2, -0.15) is 0 Å². The van der Waals surface area contributed by atoms with Crippen LogP contribution in [0.2, 0.25) is 0 Å². The number of carbonyl (C=O) groups excluding carboxylic acids is 1. The SMILES string of the molecule is O=C(Nc1ccc(Br)cc1)c1nccs1. The van der Waals surface area contributed by atoms with E-state index in [2.05, 4.69) is 26.2 Å². The monoisotopic (exact) mass is 282 g/mol. The van der Waals surface area contributed by atoms with Crippen molar-refractivity contribution < 1.29 is 4.79 Å². The minimum atomic E-state index is -0.174. The molecule has 1 amide bonds. The third-order valence-corrected chi connectivity index (χ3v) is 3.03. The lowest BCUT2D eigenvalue weighted by Gasteiger charge is -2.02. The van der Waals surface area contributed by atoms with Crippen LogP contribution in [0.5, 0.6) is 0 Å². The Morgan fingerprint density at radius 2 is 2.07 bits per heavy atom. The van der Waals surface area contributed by atoms with E-state index in [1.165, 1.54) is 11.3 Å². The number of carbonyl (C=O) groups is 1. The van der Waals surface area contributed by atoms with Gasteiger partial charge in [-0.25, -0.2) is 4.98 Å². The summed E-state index contributed by atoms with van der Waals surface area (Å²) >= 11 is 4.65. The van der Waals surface area contributed by atoms with Gasteiger partial charge in [0, 0.05) is 21.7 Å². The lowest BCUT2D eigenvalue weighted by Crippen LogP contribution is -2.11. The highest BCUT2D eigenvalue weighted by Crippen LogP contribution is 2.15. The van der Waals surface area contributed by atoms with Gasteiger partial charge in [-0.05, 0) is 24.3 Å². The van der Waals surface area contributed by atoms with Crippen LogP contribution in [0.25, 0.3) is 0 Å². The molecule has 3 nitrogen and oxygen atoms in total. The Morgan fingerprint density at radius 3 is 2.67 bits per heavy atom. The summed E-state index contributed by atoms with van der Waals surface area (Å²) in [6.07, 6.45) is 1.61. The molecule has 0 aliphatic heterocycles. The number of thiazole rings is 1. The van der Waals surface area contributed by atoms with Crippen molar-refractivity contribution in [3.8, 4) is 0 Å². The van der Waals surface area contributed by atoms with Gasteiger partial charge in [0.2, 0.25) is 0 Å². The second kappa shape index (κ2) is 4.55. The van der Waals surface area contributed by atoms with Gasteiger partial charge in [0.1, 0.15) is 0 Å². The molecule has 1 heterocycles. The van der Waals surface area contributed by atoms with E-state index >= 15 is 0 Å². The standard InChI is InChI=1S/C10H7BrN2OS/c11-7-1-3-8(4-2-7)13-9(14)10-12-5-6-15-10/h1-6H,(H,13,14). The van der Waals surface area contributed by atoms with Crippen molar-refractivity contribution in [1.82, 2.24) is 4.98 Å². The number of hydrogen-bond donors (Lipinski definition) is 1. The number of rotatable bonds is 2. The number of benzene rings is 1. The molecule has 2 rings (SSSR count). The number of anilines is 1. The van der Waals surface area contributed by atoms with Gasteiger partial charge in [-0.3, -0.25) is 4.79 Å².